The Bertz CT molecular complexity index is 736. The third-order valence-electron chi connectivity index (χ3n) is 4.51. The number of aromatic nitrogens is 1. The van der Waals surface area contributed by atoms with Gasteiger partial charge in [0.1, 0.15) is 10.2 Å². The average Bonchev–Trinajstić information content (AvgIpc) is 3.14. The average molecular weight is 452 g/mol. The third-order valence-corrected chi connectivity index (χ3v) is 5.68. The minimum atomic E-state index is -0.454. The van der Waals surface area contributed by atoms with Gasteiger partial charge in [0.15, 0.2) is 0 Å². The van der Waals surface area contributed by atoms with Crippen molar-refractivity contribution in [3.05, 3.63) is 50.9 Å². The van der Waals surface area contributed by atoms with Crippen molar-refractivity contribution in [2.45, 2.75) is 51.3 Å². The lowest BCUT2D eigenvalue weighted by atomic mass is 9.98. The zero-order valence-electron chi connectivity index (χ0n) is 15.9. The molecule has 1 unspecified atom stereocenters. The fourth-order valence-electron chi connectivity index (χ4n) is 3.17. The van der Waals surface area contributed by atoms with Crippen LogP contribution >= 0.6 is 27.3 Å². The maximum Gasteiger partial charge on any atom is 0.410 e. The van der Waals surface area contributed by atoms with Gasteiger partial charge in [0.2, 0.25) is 0 Å². The number of likely N-dealkylation sites (tertiary alicyclic amines) is 1. The maximum atomic E-state index is 12.3. The van der Waals surface area contributed by atoms with Crippen LogP contribution in [0.4, 0.5) is 4.79 Å². The molecule has 2 aromatic heterocycles. The molecule has 5 nitrogen and oxygen atoms in total. The van der Waals surface area contributed by atoms with E-state index in [1.165, 1.54) is 5.56 Å². The molecule has 3 heterocycles. The van der Waals surface area contributed by atoms with Gasteiger partial charge in [0, 0.05) is 25.3 Å². The van der Waals surface area contributed by atoms with Crippen LogP contribution in [0.25, 0.3) is 0 Å². The number of piperidine rings is 1. The lowest BCUT2D eigenvalue weighted by molar-refractivity contribution is 0.0196. The van der Waals surface area contributed by atoms with Crippen LogP contribution in [0.15, 0.2) is 39.8 Å². The Hall–Kier alpha value is -1.44. The van der Waals surface area contributed by atoms with Crippen LogP contribution in [0, 0.1) is 0 Å². The molecular weight excluding hydrogens is 426 g/mol. The highest BCUT2D eigenvalue weighted by molar-refractivity contribution is 9.10. The van der Waals surface area contributed by atoms with E-state index in [1.807, 2.05) is 37.9 Å². The highest BCUT2D eigenvalue weighted by atomic mass is 79.9. The monoisotopic (exact) mass is 451 g/mol. The van der Waals surface area contributed by atoms with Crippen LogP contribution in [-0.2, 0) is 4.74 Å². The van der Waals surface area contributed by atoms with Crippen molar-refractivity contribution in [3.63, 3.8) is 0 Å². The Kier molecular flexibility index (Phi) is 6.55. The predicted molar refractivity (Wildman–Crippen MR) is 112 cm³/mol. The molecular formula is C20H26BrN3O2S. The van der Waals surface area contributed by atoms with Crippen molar-refractivity contribution in [1.29, 1.82) is 0 Å². The second kappa shape index (κ2) is 8.71. The third kappa shape index (κ3) is 5.77. The number of nitrogens with zero attached hydrogens (tertiary/aromatic N) is 2. The van der Waals surface area contributed by atoms with E-state index < -0.39 is 5.60 Å². The number of rotatable bonds is 4. The van der Waals surface area contributed by atoms with E-state index in [4.69, 9.17) is 4.74 Å². The second-order valence-corrected chi connectivity index (χ2v) is 9.40. The van der Waals surface area contributed by atoms with Gasteiger partial charge in [-0.3, -0.25) is 0 Å². The summed E-state index contributed by atoms with van der Waals surface area (Å²) >= 11 is 5.10. The number of hydrogen-bond acceptors (Lipinski definition) is 5. The number of amides is 1. The van der Waals surface area contributed by atoms with Crippen LogP contribution in [0.5, 0.6) is 0 Å². The maximum absolute atomic E-state index is 12.3. The lowest BCUT2D eigenvalue weighted by Gasteiger charge is -2.35. The summed E-state index contributed by atoms with van der Waals surface area (Å²) in [4.78, 5) is 18.4. The van der Waals surface area contributed by atoms with E-state index in [1.54, 1.807) is 11.3 Å². The van der Waals surface area contributed by atoms with Gasteiger partial charge in [-0.1, -0.05) is 6.07 Å². The van der Waals surface area contributed by atoms with Crippen molar-refractivity contribution >= 4 is 33.4 Å². The number of ether oxygens (including phenoxy) is 1. The summed E-state index contributed by atoms with van der Waals surface area (Å²) in [5, 5.41) is 8.05. The molecule has 1 saturated heterocycles. The first-order chi connectivity index (χ1) is 12.8. The highest BCUT2D eigenvalue weighted by Gasteiger charge is 2.28. The van der Waals surface area contributed by atoms with Crippen LogP contribution in [0.1, 0.15) is 50.8 Å². The number of halogens is 1. The topological polar surface area (TPSA) is 54.5 Å². The van der Waals surface area contributed by atoms with Crippen molar-refractivity contribution < 1.29 is 9.53 Å². The number of nitrogens with one attached hydrogen (secondary N) is 1. The first-order valence-corrected chi connectivity index (χ1v) is 10.9. The molecule has 1 fully saturated rings. The molecule has 3 rings (SSSR count). The molecule has 0 radical (unpaired) electrons. The van der Waals surface area contributed by atoms with Gasteiger partial charge in [-0.2, -0.15) is 11.3 Å². The largest absolute Gasteiger partial charge is 0.444 e. The summed E-state index contributed by atoms with van der Waals surface area (Å²) in [6.45, 7) is 7.12. The molecule has 0 saturated carbocycles. The summed E-state index contributed by atoms with van der Waals surface area (Å²) in [6, 6.07) is 6.68. The normalized spacial score (nSPS) is 17.0. The van der Waals surface area contributed by atoms with Crippen molar-refractivity contribution in [3.8, 4) is 0 Å². The molecule has 1 aliphatic heterocycles. The summed E-state index contributed by atoms with van der Waals surface area (Å²) in [5.41, 5.74) is 1.94. The van der Waals surface area contributed by atoms with Crippen LogP contribution in [-0.4, -0.2) is 40.7 Å². The van der Waals surface area contributed by atoms with Gasteiger partial charge in [-0.05, 0) is 83.6 Å². The number of thiophene rings is 1. The van der Waals surface area contributed by atoms with Gasteiger partial charge >= 0.3 is 6.09 Å². The van der Waals surface area contributed by atoms with Gasteiger partial charge in [0.05, 0.1) is 6.04 Å². The Labute approximate surface area is 173 Å². The van der Waals surface area contributed by atoms with Gasteiger partial charge in [0.25, 0.3) is 0 Å². The minimum absolute atomic E-state index is 0.106. The summed E-state index contributed by atoms with van der Waals surface area (Å²) in [7, 11) is 0. The molecule has 0 bridgehead atoms. The van der Waals surface area contributed by atoms with E-state index in [-0.39, 0.29) is 12.1 Å². The van der Waals surface area contributed by atoms with E-state index in [2.05, 4.69) is 49.1 Å². The molecule has 1 amide bonds. The van der Waals surface area contributed by atoms with E-state index in [0.29, 0.717) is 19.1 Å². The summed E-state index contributed by atoms with van der Waals surface area (Å²) in [6.07, 6.45) is 3.51. The Morgan fingerprint density at radius 1 is 1.30 bits per heavy atom. The minimum Gasteiger partial charge on any atom is -0.444 e. The molecule has 0 aromatic carbocycles. The number of carbonyl (C=O) groups is 1. The second-order valence-electron chi connectivity index (χ2n) is 7.81. The lowest BCUT2D eigenvalue weighted by Crippen LogP contribution is -2.47. The Morgan fingerprint density at radius 3 is 2.59 bits per heavy atom. The molecule has 1 N–H and O–H groups in total. The van der Waals surface area contributed by atoms with Crippen molar-refractivity contribution in [2.24, 2.45) is 0 Å². The summed E-state index contributed by atoms with van der Waals surface area (Å²) < 4.78 is 6.32. The molecule has 0 aliphatic carbocycles. The predicted octanol–water partition coefficient (Wildman–Crippen LogP) is 4.98. The zero-order valence-corrected chi connectivity index (χ0v) is 18.3. The summed E-state index contributed by atoms with van der Waals surface area (Å²) in [5.74, 6) is 0. The molecule has 27 heavy (non-hydrogen) atoms. The molecule has 7 heteroatoms. The van der Waals surface area contributed by atoms with Crippen LogP contribution < -0.4 is 5.32 Å². The first-order valence-electron chi connectivity index (χ1n) is 9.19. The molecule has 146 valence electrons. The number of hydrogen-bond donors (Lipinski definition) is 1. The highest BCUT2D eigenvalue weighted by Crippen LogP contribution is 2.27. The standard InChI is InChI=1S/C20H26BrN3O2S/c1-20(2,3)26-19(25)24-9-6-16(7-10-24)23-18(15-8-11-27-13-15)14-4-5-17(21)22-12-14/h4-5,8,11-13,16,18,23H,6-7,9-10H2,1-3H3. The van der Waals surface area contributed by atoms with Gasteiger partial charge in [-0.15, -0.1) is 0 Å². The molecule has 1 atom stereocenters. The van der Waals surface area contributed by atoms with E-state index >= 15 is 0 Å². The quantitative estimate of drug-likeness (QED) is 0.665. The molecule has 1 aliphatic rings. The smallest absolute Gasteiger partial charge is 0.410 e. The first kappa shape index (κ1) is 20.3. The fraction of sp³-hybridized carbons (Fsp3) is 0.500. The van der Waals surface area contributed by atoms with E-state index in [0.717, 1.165) is 23.0 Å². The van der Waals surface area contributed by atoms with E-state index in [9.17, 15) is 4.79 Å². The van der Waals surface area contributed by atoms with Crippen molar-refractivity contribution in [1.82, 2.24) is 15.2 Å². The molecule has 2 aromatic rings. The number of carbonyl (C=O) groups excluding carboxylic acids is 1. The SMILES string of the molecule is CC(C)(C)OC(=O)N1CCC(NC(c2ccc(Br)nc2)c2ccsc2)CC1. The fourth-order valence-corrected chi connectivity index (χ4v) is 4.09. The zero-order chi connectivity index (χ0) is 19.4. The van der Waals surface area contributed by atoms with Crippen LogP contribution in [0.3, 0.4) is 0 Å². The van der Waals surface area contributed by atoms with Gasteiger partial charge in [-0.25, -0.2) is 9.78 Å². The molecule has 0 spiro atoms. The Morgan fingerprint density at radius 2 is 2.04 bits per heavy atom. The van der Waals surface area contributed by atoms with Crippen LogP contribution in [0.2, 0.25) is 0 Å². The Balaban J connectivity index is 1.63. The van der Waals surface area contributed by atoms with Crippen molar-refractivity contribution in [2.75, 3.05) is 13.1 Å². The number of pyridine rings is 1. The van der Waals surface area contributed by atoms with Gasteiger partial charge < -0.3 is 15.0 Å².